The molecule has 1 aromatic carbocycles. The third-order valence-corrected chi connectivity index (χ3v) is 2.15. The van der Waals surface area contributed by atoms with Crippen LogP contribution in [0.5, 0.6) is 0 Å². The van der Waals surface area contributed by atoms with Crippen molar-refractivity contribution in [1.82, 2.24) is 4.90 Å². The first-order chi connectivity index (χ1) is 8.67. The largest absolute Gasteiger partial charge is 0.480 e. The van der Waals surface area contributed by atoms with Gasteiger partial charge in [0.05, 0.1) is 13.1 Å². The molecule has 0 saturated heterocycles. The maximum absolute atomic E-state index is 12.9. The monoisotopic (exact) mass is 283 g/mol. The van der Waals surface area contributed by atoms with E-state index in [1.54, 1.807) is 0 Å². The van der Waals surface area contributed by atoms with Crippen molar-refractivity contribution in [2.24, 2.45) is 0 Å². The molecule has 8 heteroatoms. The maximum Gasteiger partial charge on any atom is 0.401 e. The van der Waals surface area contributed by atoms with E-state index in [-0.39, 0.29) is 5.56 Å². The number of hydrogen-bond donors (Lipinski definition) is 1. The summed E-state index contributed by atoms with van der Waals surface area (Å²) in [4.78, 5) is 11.0. The van der Waals surface area contributed by atoms with E-state index in [4.69, 9.17) is 5.11 Å². The van der Waals surface area contributed by atoms with Crippen LogP contribution in [0.25, 0.3) is 0 Å². The van der Waals surface area contributed by atoms with Crippen LogP contribution in [0.4, 0.5) is 22.0 Å². The normalized spacial score (nSPS) is 11.9. The smallest absolute Gasteiger partial charge is 0.401 e. The Morgan fingerprint density at radius 2 is 1.84 bits per heavy atom. The van der Waals surface area contributed by atoms with Gasteiger partial charge in [0.15, 0.2) is 11.6 Å². The van der Waals surface area contributed by atoms with Crippen molar-refractivity contribution in [2.75, 3.05) is 13.1 Å². The highest BCUT2D eigenvalue weighted by atomic mass is 19.4. The van der Waals surface area contributed by atoms with Crippen molar-refractivity contribution in [1.29, 1.82) is 0 Å². The van der Waals surface area contributed by atoms with Crippen LogP contribution in [-0.2, 0) is 11.3 Å². The van der Waals surface area contributed by atoms with E-state index < -0.39 is 43.4 Å². The van der Waals surface area contributed by atoms with E-state index in [9.17, 15) is 26.7 Å². The fourth-order valence-electron chi connectivity index (χ4n) is 1.51. The van der Waals surface area contributed by atoms with Crippen molar-refractivity contribution in [3.63, 3.8) is 0 Å². The molecule has 19 heavy (non-hydrogen) atoms. The van der Waals surface area contributed by atoms with Gasteiger partial charge in [-0.05, 0) is 17.7 Å². The van der Waals surface area contributed by atoms with Crippen molar-refractivity contribution in [2.45, 2.75) is 12.7 Å². The summed E-state index contributed by atoms with van der Waals surface area (Å²) in [5.41, 5.74) is 0.0596. The Kier molecular flexibility index (Phi) is 4.82. The van der Waals surface area contributed by atoms with E-state index in [0.717, 1.165) is 18.2 Å². The van der Waals surface area contributed by atoms with Crippen molar-refractivity contribution >= 4 is 5.97 Å². The van der Waals surface area contributed by atoms with Gasteiger partial charge in [0, 0.05) is 6.54 Å². The zero-order chi connectivity index (χ0) is 14.6. The number of carboxylic acid groups (broad SMARTS) is 1. The minimum Gasteiger partial charge on any atom is -0.480 e. The average molecular weight is 283 g/mol. The molecule has 0 spiro atoms. The van der Waals surface area contributed by atoms with Crippen molar-refractivity contribution in [3.8, 4) is 0 Å². The van der Waals surface area contributed by atoms with E-state index >= 15 is 0 Å². The van der Waals surface area contributed by atoms with Crippen LogP contribution in [0.15, 0.2) is 18.2 Å². The first kappa shape index (κ1) is 15.4. The molecular formula is C11H10F5NO2. The lowest BCUT2D eigenvalue weighted by molar-refractivity contribution is -0.154. The number of nitrogens with zero attached hydrogens (tertiary/aromatic N) is 1. The Bertz CT molecular complexity index is 461. The molecule has 0 radical (unpaired) electrons. The molecule has 0 atom stereocenters. The summed E-state index contributed by atoms with van der Waals surface area (Å²) >= 11 is 0. The lowest BCUT2D eigenvalue weighted by Crippen LogP contribution is -2.37. The van der Waals surface area contributed by atoms with Crippen LogP contribution < -0.4 is 0 Å². The highest BCUT2D eigenvalue weighted by molar-refractivity contribution is 5.69. The Labute approximate surface area is 105 Å². The zero-order valence-corrected chi connectivity index (χ0v) is 9.55. The first-order valence-electron chi connectivity index (χ1n) is 5.12. The number of hydrogen-bond acceptors (Lipinski definition) is 2. The van der Waals surface area contributed by atoms with Crippen LogP contribution in [0.3, 0.4) is 0 Å². The van der Waals surface area contributed by atoms with Crippen LogP contribution in [0.1, 0.15) is 5.56 Å². The van der Waals surface area contributed by atoms with E-state index in [1.165, 1.54) is 0 Å². The molecule has 0 fully saturated rings. The topological polar surface area (TPSA) is 40.5 Å². The first-order valence-corrected chi connectivity index (χ1v) is 5.12. The van der Waals surface area contributed by atoms with Gasteiger partial charge in [-0.25, -0.2) is 8.78 Å². The average Bonchev–Trinajstić information content (AvgIpc) is 2.20. The number of halogens is 5. The second-order valence-corrected chi connectivity index (χ2v) is 3.90. The number of carbonyl (C=O) groups is 1. The van der Waals surface area contributed by atoms with Gasteiger partial charge >= 0.3 is 12.1 Å². The standard InChI is InChI=1S/C11H10F5NO2/c12-8-2-1-7(3-9(8)13)4-17(5-10(18)19)6-11(14,15)16/h1-3H,4-6H2,(H,18,19). The Hall–Kier alpha value is -1.70. The van der Waals surface area contributed by atoms with E-state index in [2.05, 4.69) is 0 Å². The number of rotatable bonds is 5. The van der Waals surface area contributed by atoms with Gasteiger partial charge < -0.3 is 5.11 Å². The van der Waals surface area contributed by atoms with E-state index in [1.807, 2.05) is 0 Å². The molecule has 0 aliphatic carbocycles. The van der Waals surface area contributed by atoms with Gasteiger partial charge in [-0.15, -0.1) is 0 Å². The van der Waals surface area contributed by atoms with Crippen LogP contribution >= 0.6 is 0 Å². The molecule has 1 aromatic rings. The molecule has 0 bridgehead atoms. The third kappa shape index (κ3) is 5.64. The molecule has 1 N–H and O–H groups in total. The number of aliphatic carboxylic acids is 1. The minimum atomic E-state index is -4.58. The van der Waals surface area contributed by atoms with Gasteiger partial charge in [0.1, 0.15) is 0 Å². The highest BCUT2D eigenvalue weighted by Crippen LogP contribution is 2.18. The SMILES string of the molecule is O=C(O)CN(Cc1ccc(F)c(F)c1)CC(F)(F)F. The maximum atomic E-state index is 12.9. The van der Waals surface area contributed by atoms with Crippen LogP contribution in [0, 0.1) is 11.6 Å². The Morgan fingerprint density at radius 1 is 1.21 bits per heavy atom. The molecule has 0 amide bonds. The fourth-order valence-corrected chi connectivity index (χ4v) is 1.51. The van der Waals surface area contributed by atoms with E-state index in [0.29, 0.717) is 4.90 Å². The minimum absolute atomic E-state index is 0.0596. The zero-order valence-electron chi connectivity index (χ0n) is 9.55. The molecule has 3 nitrogen and oxygen atoms in total. The molecular weight excluding hydrogens is 273 g/mol. The Balaban J connectivity index is 2.81. The van der Waals surface area contributed by atoms with Gasteiger partial charge in [0.2, 0.25) is 0 Å². The summed E-state index contributed by atoms with van der Waals surface area (Å²) in [6.07, 6.45) is -4.58. The molecule has 106 valence electrons. The van der Waals surface area contributed by atoms with Gasteiger partial charge in [0.25, 0.3) is 0 Å². The lowest BCUT2D eigenvalue weighted by Gasteiger charge is -2.21. The second-order valence-electron chi connectivity index (χ2n) is 3.90. The highest BCUT2D eigenvalue weighted by Gasteiger charge is 2.31. The summed E-state index contributed by atoms with van der Waals surface area (Å²) < 4.78 is 62.3. The summed E-state index contributed by atoms with van der Waals surface area (Å²) in [5, 5.41) is 8.51. The molecule has 0 aliphatic rings. The lowest BCUT2D eigenvalue weighted by atomic mass is 10.2. The second kappa shape index (κ2) is 5.96. The predicted octanol–water partition coefficient (Wildman–Crippen LogP) is 2.41. The van der Waals surface area contributed by atoms with Gasteiger partial charge in [-0.2, -0.15) is 13.2 Å². The fraction of sp³-hybridized carbons (Fsp3) is 0.364. The number of alkyl halides is 3. The molecule has 0 saturated carbocycles. The molecule has 0 unspecified atom stereocenters. The van der Waals surface area contributed by atoms with Gasteiger partial charge in [-0.1, -0.05) is 6.07 Å². The van der Waals surface area contributed by atoms with Crippen LogP contribution in [0.2, 0.25) is 0 Å². The summed E-state index contributed by atoms with van der Waals surface area (Å²) in [6, 6.07) is 2.61. The molecule has 1 rings (SSSR count). The molecule has 0 heterocycles. The molecule has 0 aromatic heterocycles. The number of carboxylic acids is 1. The van der Waals surface area contributed by atoms with Crippen molar-refractivity contribution in [3.05, 3.63) is 35.4 Å². The van der Waals surface area contributed by atoms with Gasteiger partial charge in [-0.3, -0.25) is 9.69 Å². The molecule has 0 aliphatic heterocycles. The number of benzene rings is 1. The quantitative estimate of drug-likeness (QED) is 0.844. The summed E-state index contributed by atoms with van der Waals surface area (Å²) in [5.74, 6) is -3.75. The van der Waals surface area contributed by atoms with Crippen LogP contribution in [-0.4, -0.2) is 35.2 Å². The third-order valence-electron chi connectivity index (χ3n) is 2.15. The summed E-state index contributed by atoms with van der Waals surface area (Å²) in [7, 11) is 0. The predicted molar refractivity (Wildman–Crippen MR) is 55.3 cm³/mol. The Morgan fingerprint density at radius 3 is 2.32 bits per heavy atom. The summed E-state index contributed by atoms with van der Waals surface area (Å²) in [6.45, 7) is -2.74. The van der Waals surface area contributed by atoms with Crippen molar-refractivity contribution < 1.29 is 31.9 Å².